The molecule has 0 atom stereocenters. The number of hydrogen-bond donors (Lipinski definition) is 0. The van der Waals surface area contributed by atoms with Crippen LogP contribution in [0.1, 0.15) is 124 Å². The van der Waals surface area contributed by atoms with Crippen LogP contribution in [0.2, 0.25) is 0 Å². The zero-order chi connectivity index (χ0) is 18.9. The topological polar surface area (TPSA) is 21.6 Å². The molecular formula is C24H45NO. The van der Waals surface area contributed by atoms with E-state index in [-0.39, 0.29) is 5.54 Å². The first kappa shape index (κ1) is 23.2. The quantitative estimate of drug-likeness (QED) is 0.189. The van der Waals surface area contributed by atoms with Crippen molar-refractivity contribution in [3.8, 4) is 0 Å². The van der Waals surface area contributed by atoms with Crippen LogP contribution in [-0.2, 0) is 4.74 Å². The van der Waals surface area contributed by atoms with Crippen LogP contribution in [0.25, 0.3) is 0 Å². The Morgan fingerprint density at radius 3 is 1.77 bits per heavy atom. The summed E-state index contributed by atoms with van der Waals surface area (Å²) in [5.74, 6) is 0.989. The lowest BCUT2D eigenvalue weighted by atomic mass is 10.1. The Morgan fingerprint density at radius 2 is 1.27 bits per heavy atom. The Labute approximate surface area is 163 Å². The molecule has 0 N–H and O–H groups in total. The molecule has 0 unspecified atom stereocenters. The van der Waals surface area contributed by atoms with Crippen molar-refractivity contribution in [2.75, 3.05) is 6.61 Å². The largest absolute Gasteiger partial charge is 0.478 e. The maximum atomic E-state index is 5.64. The van der Waals surface area contributed by atoms with E-state index in [4.69, 9.17) is 4.74 Å². The Balaban J connectivity index is 1.76. The van der Waals surface area contributed by atoms with Gasteiger partial charge >= 0.3 is 0 Å². The van der Waals surface area contributed by atoms with Gasteiger partial charge in [-0.3, -0.25) is 0 Å². The zero-order valence-corrected chi connectivity index (χ0v) is 18.0. The average molecular weight is 364 g/mol. The molecule has 0 saturated heterocycles. The summed E-state index contributed by atoms with van der Waals surface area (Å²) in [6.07, 6.45) is 26.3. The summed E-state index contributed by atoms with van der Waals surface area (Å²) in [4.78, 5) is 4.62. The Hall–Kier alpha value is -0.790. The van der Waals surface area contributed by atoms with Gasteiger partial charge in [0.05, 0.1) is 5.54 Å². The molecule has 0 aliphatic carbocycles. The van der Waals surface area contributed by atoms with Crippen LogP contribution in [0.4, 0.5) is 0 Å². The number of nitrogens with zero attached hydrogens (tertiary/aromatic N) is 1. The van der Waals surface area contributed by atoms with Gasteiger partial charge in [0, 0.05) is 6.42 Å². The molecular weight excluding hydrogens is 318 g/mol. The van der Waals surface area contributed by atoms with E-state index >= 15 is 0 Å². The second-order valence-corrected chi connectivity index (χ2v) is 8.65. The van der Waals surface area contributed by atoms with Crippen LogP contribution in [-0.4, -0.2) is 18.0 Å². The molecule has 0 aromatic heterocycles. The summed E-state index contributed by atoms with van der Waals surface area (Å²) in [6.45, 7) is 7.33. The fourth-order valence-corrected chi connectivity index (χ4v) is 3.49. The highest BCUT2D eigenvalue weighted by Crippen LogP contribution is 2.20. The molecule has 26 heavy (non-hydrogen) atoms. The highest BCUT2D eigenvalue weighted by molar-refractivity contribution is 5.78. The molecule has 0 bridgehead atoms. The van der Waals surface area contributed by atoms with E-state index in [1.165, 1.54) is 96.3 Å². The van der Waals surface area contributed by atoms with E-state index < -0.39 is 0 Å². The predicted octanol–water partition coefficient (Wildman–Crippen LogP) is 8.01. The predicted molar refractivity (Wildman–Crippen MR) is 116 cm³/mol. The fourth-order valence-electron chi connectivity index (χ4n) is 3.49. The molecule has 2 heteroatoms. The molecule has 1 aliphatic rings. The van der Waals surface area contributed by atoms with E-state index in [2.05, 4.69) is 37.9 Å². The molecule has 1 aliphatic heterocycles. The van der Waals surface area contributed by atoms with Crippen molar-refractivity contribution < 1.29 is 4.74 Å². The summed E-state index contributed by atoms with van der Waals surface area (Å²) in [5, 5.41) is 0. The van der Waals surface area contributed by atoms with Crippen LogP contribution < -0.4 is 0 Å². The lowest BCUT2D eigenvalue weighted by Crippen LogP contribution is -2.17. The molecule has 0 radical (unpaired) electrons. The first-order chi connectivity index (χ1) is 12.6. The first-order valence-electron chi connectivity index (χ1n) is 11.5. The summed E-state index contributed by atoms with van der Waals surface area (Å²) in [7, 11) is 0. The highest BCUT2D eigenvalue weighted by atomic mass is 16.5. The van der Waals surface area contributed by atoms with Gasteiger partial charge in [0.15, 0.2) is 5.90 Å². The SMILES string of the molecule is CCCCCCCC/C=C\CCCCCCCCCC1=NC(C)(C)CO1. The lowest BCUT2D eigenvalue weighted by molar-refractivity contribution is 0.273. The zero-order valence-electron chi connectivity index (χ0n) is 18.0. The van der Waals surface area contributed by atoms with Crippen LogP contribution in [0.5, 0.6) is 0 Å². The number of aliphatic imine (C=N–C) groups is 1. The molecule has 0 spiro atoms. The van der Waals surface area contributed by atoms with Gasteiger partial charge in [0.25, 0.3) is 0 Å². The molecule has 2 nitrogen and oxygen atoms in total. The molecule has 0 fully saturated rings. The van der Waals surface area contributed by atoms with Gasteiger partial charge in [-0.25, -0.2) is 4.99 Å². The monoisotopic (exact) mass is 363 g/mol. The van der Waals surface area contributed by atoms with Crippen molar-refractivity contribution in [3.63, 3.8) is 0 Å². The molecule has 1 heterocycles. The normalized spacial score (nSPS) is 16.2. The third-order valence-electron chi connectivity index (χ3n) is 5.17. The second-order valence-electron chi connectivity index (χ2n) is 8.65. The molecule has 0 amide bonds. The van der Waals surface area contributed by atoms with Gasteiger partial charge in [-0.15, -0.1) is 0 Å². The van der Waals surface area contributed by atoms with Crippen LogP contribution >= 0.6 is 0 Å². The van der Waals surface area contributed by atoms with Crippen molar-refractivity contribution in [1.29, 1.82) is 0 Å². The second kappa shape index (κ2) is 15.3. The maximum absolute atomic E-state index is 5.64. The van der Waals surface area contributed by atoms with Gasteiger partial charge in [0.2, 0.25) is 0 Å². The molecule has 152 valence electrons. The number of hydrogen-bond acceptors (Lipinski definition) is 2. The van der Waals surface area contributed by atoms with Crippen molar-refractivity contribution in [2.24, 2.45) is 4.99 Å². The Morgan fingerprint density at radius 1 is 0.769 bits per heavy atom. The smallest absolute Gasteiger partial charge is 0.183 e. The Bertz CT molecular complexity index is 384. The molecule has 0 saturated carbocycles. The third-order valence-corrected chi connectivity index (χ3v) is 5.17. The van der Waals surface area contributed by atoms with E-state index in [9.17, 15) is 0 Å². The van der Waals surface area contributed by atoms with Crippen LogP contribution in [0.3, 0.4) is 0 Å². The van der Waals surface area contributed by atoms with Gasteiger partial charge in [-0.1, -0.05) is 83.3 Å². The number of unbranched alkanes of at least 4 members (excludes halogenated alkanes) is 13. The van der Waals surface area contributed by atoms with Gasteiger partial charge < -0.3 is 4.74 Å². The van der Waals surface area contributed by atoms with E-state index in [0.29, 0.717) is 0 Å². The minimum absolute atomic E-state index is 0.0123. The summed E-state index contributed by atoms with van der Waals surface area (Å²) < 4.78 is 5.64. The highest BCUT2D eigenvalue weighted by Gasteiger charge is 2.25. The number of rotatable bonds is 17. The van der Waals surface area contributed by atoms with Gasteiger partial charge in [-0.2, -0.15) is 0 Å². The van der Waals surface area contributed by atoms with E-state index in [1.54, 1.807) is 0 Å². The van der Waals surface area contributed by atoms with Crippen molar-refractivity contribution in [3.05, 3.63) is 12.2 Å². The fraction of sp³-hybridized carbons (Fsp3) is 0.875. The van der Waals surface area contributed by atoms with E-state index in [1.807, 2.05) is 0 Å². The van der Waals surface area contributed by atoms with Crippen molar-refractivity contribution in [2.45, 2.75) is 129 Å². The molecule has 0 aromatic rings. The van der Waals surface area contributed by atoms with Gasteiger partial charge in [-0.05, 0) is 46.0 Å². The first-order valence-corrected chi connectivity index (χ1v) is 11.5. The summed E-state index contributed by atoms with van der Waals surface area (Å²) in [5.41, 5.74) is 0.0123. The summed E-state index contributed by atoms with van der Waals surface area (Å²) >= 11 is 0. The maximum Gasteiger partial charge on any atom is 0.183 e. The average Bonchev–Trinajstić information content (AvgIpc) is 2.96. The molecule has 1 rings (SSSR count). The van der Waals surface area contributed by atoms with Crippen molar-refractivity contribution in [1.82, 2.24) is 0 Å². The van der Waals surface area contributed by atoms with Crippen LogP contribution in [0.15, 0.2) is 17.1 Å². The minimum atomic E-state index is 0.0123. The van der Waals surface area contributed by atoms with E-state index in [0.717, 1.165) is 18.9 Å². The summed E-state index contributed by atoms with van der Waals surface area (Å²) in [6, 6.07) is 0. The lowest BCUT2D eigenvalue weighted by Gasteiger charge is -2.07. The number of ether oxygens (including phenoxy) is 1. The minimum Gasteiger partial charge on any atom is -0.478 e. The number of allylic oxidation sites excluding steroid dienone is 2. The van der Waals surface area contributed by atoms with Gasteiger partial charge in [0.1, 0.15) is 6.61 Å². The Kier molecular flexibility index (Phi) is 13.7. The molecule has 0 aromatic carbocycles. The van der Waals surface area contributed by atoms with Crippen LogP contribution in [0, 0.1) is 0 Å². The third kappa shape index (κ3) is 13.4. The standard InChI is InChI=1S/C24H45NO/c1-4-5-6-7-8-9-10-11-12-13-14-15-16-17-18-19-20-21-23-25-24(2,3)22-26-23/h11-12H,4-10,13-22H2,1-3H3/b12-11-. The van der Waals surface area contributed by atoms with Crippen molar-refractivity contribution >= 4 is 5.90 Å².